The lowest BCUT2D eigenvalue weighted by Crippen LogP contribution is -2.88. The van der Waals surface area contributed by atoms with E-state index in [0.717, 1.165) is 13.0 Å². The summed E-state index contributed by atoms with van der Waals surface area (Å²) >= 11 is 0. The molecule has 2 N–H and O–H groups in total. The first-order chi connectivity index (χ1) is 6.22. The summed E-state index contributed by atoms with van der Waals surface area (Å²) in [6, 6.07) is 0. The number of hydrogen-bond acceptors (Lipinski definition) is 0. The van der Waals surface area contributed by atoms with Gasteiger partial charge in [0.1, 0.15) is 6.54 Å². The maximum absolute atomic E-state index is 12.5. The van der Waals surface area contributed by atoms with Crippen molar-refractivity contribution < 1.29 is 9.71 Å². The molecular formula is C11H27FN+. The number of rotatable bonds is 0. The Morgan fingerprint density at radius 2 is 1.77 bits per heavy atom. The third-order valence-corrected chi connectivity index (χ3v) is 1.84. The SMILES string of the molecule is CC.CC1CC[NH2+]CC1F.CCC. The van der Waals surface area contributed by atoms with Crippen molar-refractivity contribution in [1.82, 2.24) is 0 Å². The molecular weight excluding hydrogens is 165 g/mol. The van der Waals surface area contributed by atoms with Crippen molar-refractivity contribution in [2.24, 2.45) is 5.92 Å². The second-order valence-electron chi connectivity index (χ2n) is 3.30. The highest BCUT2D eigenvalue weighted by Gasteiger charge is 2.22. The van der Waals surface area contributed by atoms with E-state index in [0.29, 0.717) is 12.5 Å². The first-order valence-corrected chi connectivity index (χ1v) is 5.68. The maximum atomic E-state index is 12.5. The van der Waals surface area contributed by atoms with Gasteiger partial charge >= 0.3 is 0 Å². The lowest BCUT2D eigenvalue weighted by molar-refractivity contribution is -0.670. The smallest absolute Gasteiger partial charge is 0.151 e. The number of alkyl halides is 1. The van der Waals surface area contributed by atoms with E-state index in [2.05, 4.69) is 13.8 Å². The molecule has 2 atom stereocenters. The standard InChI is InChI=1S/C6H12FN.C3H8.C2H6/c1-5-2-3-8-4-6(5)7;1-3-2;1-2/h5-6,8H,2-4H2,1H3;3H2,1-2H3;1-2H3/p+1. The zero-order valence-corrected chi connectivity index (χ0v) is 9.94. The van der Waals surface area contributed by atoms with Crippen LogP contribution in [0.3, 0.4) is 0 Å². The lowest BCUT2D eigenvalue weighted by atomic mass is 9.99. The average Bonchev–Trinajstić information content (AvgIpc) is 2.15. The highest BCUT2D eigenvalue weighted by Crippen LogP contribution is 2.10. The predicted molar refractivity (Wildman–Crippen MR) is 57.6 cm³/mol. The molecule has 0 bridgehead atoms. The van der Waals surface area contributed by atoms with Crippen LogP contribution in [0.1, 0.15) is 47.5 Å². The first kappa shape index (κ1) is 15.4. The fourth-order valence-corrected chi connectivity index (χ4v) is 1.07. The zero-order chi connectivity index (χ0) is 10.7. The molecule has 1 rings (SSSR count). The molecule has 13 heavy (non-hydrogen) atoms. The van der Waals surface area contributed by atoms with Crippen molar-refractivity contribution in [3.05, 3.63) is 0 Å². The van der Waals surface area contributed by atoms with Crippen LogP contribution >= 0.6 is 0 Å². The minimum atomic E-state index is -0.552. The predicted octanol–water partition coefficient (Wildman–Crippen LogP) is 2.37. The average molecular weight is 192 g/mol. The van der Waals surface area contributed by atoms with E-state index >= 15 is 0 Å². The second-order valence-corrected chi connectivity index (χ2v) is 3.30. The monoisotopic (exact) mass is 192 g/mol. The largest absolute Gasteiger partial charge is 0.344 e. The molecule has 1 fully saturated rings. The number of nitrogens with two attached hydrogens (primary N) is 1. The van der Waals surface area contributed by atoms with Crippen LogP contribution in [0, 0.1) is 5.92 Å². The van der Waals surface area contributed by atoms with Crippen LogP contribution in [-0.4, -0.2) is 19.3 Å². The van der Waals surface area contributed by atoms with E-state index in [4.69, 9.17) is 0 Å². The van der Waals surface area contributed by atoms with Gasteiger partial charge in [0, 0.05) is 6.42 Å². The molecule has 1 aliphatic rings. The Bertz CT molecular complexity index is 76.2. The van der Waals surface area contributed by atoms with Gasteiger partial charge in [0.2, 0.25) is 0 Å². The Morgan fingerprint density at radius 3 is 2.00 bits per heavy atom. The Balaban J connectivity index is 0. The van der Waals surface area contributed by atoms with Gasteiger partial charge in [0.25, 0.3) is 0 Å². The Hall–Kier alpha value is -0.110. The van der Waals surface area contributed by atoms with Crippen molar-refractivity contribution in [3.8, 4) is 0 Å². The van der Waals surface area contributed by atoms with Crippen LogP contribution in [0.15, 0.2) is 0 Å². The molecule has 2 unspecified atom stereocenters. The van der Waals surface area contributed by atoms with Crippen LogP contribution in [0.2, 0.25) is 0 Å². The van der Waals surface area contributed by atoms with Crippen LogP contribution in [0.25, 0.3) is 0 Å². The maximum Gasteiger partial charge on any atom is 0.151 e. The van der Waals surface area contributed by atoms with E-state index < -0.39 is 6.17 Å². The molecule has 0 radical (unpaired) electrons. The highest BCUT2D eigenvalue weighted by atomic mass is 19.1. The summed E-state index contributed by atoms with van der Waals surface area (Å²) in [7, 11) is 0. The number of halogens is 1. The third kappa shape index (κ3) is 9.81. The fourth-order valence-electron chi connectivity index (χ4n) is 1.07. The van der Waals surface area contributed by atoms with Crippen LogP contribution in [0.5, 0.6) is 0 Å². The van der Waals surface area contributed by atoms with E-state index in [1.54, 1.807) is 0 Å². The molecule has 1 nitrogen and oxygen atoms in total. The topological polar surface area (TPSA) is 16.6 Å². The van der Waals surface area contributed by atoms with Gasteiger partial charge in [-0.05, 0) is 5.92 Å². The Kier molecular flexibility index (Phi) is 14.1. The summed E-state index contributed by atoms with van der Waals surface area (Å²) in [4.78, 5) is 0. The van der Waals surface area contributed by atoms with Gasteiger partial charge in [-0.1, -0.05) is 41.0 Å². The van der Waals surface area contributed by atoms with Crippen molar-refractivity contribution in [2.75, 3.05) is 13.1 Å². The molecule has 1 saturated heterocycles. The quantitative estimate of drug-likeness (QED) is 0.607. The van der Waals surface area contributed by atoms with Crippen molar-refractivity contribution in [1.29, 1.82) is 0 Å². The molecule has 0 amide bonds. The second kappa shape index (κ2) is 11.9. The fraction of sp³-hybridized carbons (Fsp3) is 1.00. The van der Waals surface area contributed by atoms with Gasteiger partial charge in [-0.15, -0.1) is 0 Å². The number of hydrogen-bond donors (Lipinski definition) is 1. The summed E-state index contributed by atoms with van der Waals surface area (Å²) < 4.78 is 12.5. The van der Waals surface area contributed by atoms with Crippen molar-refractivity contribution in [2.45, 2.75) is 53.6 Å². The molecule has 82 valence electrons. The number of quaternary nitrogens is 1. The van der Waals surface area contributed by atoms with Gasteiger partial charge in [-0.3, -0.25) is 0 Å². The molecule has 0 saturated carbocycles. The van der Waals surface area contributed by atoms with Crippen molar-refractivity contribution >= 4 is 0 Å². The lowest BCUT2D eigenvalue weighted by Gasteiger charge is -2.19. The van der Waals surface area contributed by atoms with Gasteiger partial charge in [0.15, 0.2) is 6.17 Å². The molecule has 2 heteroatoms. The Labute approximate surface area is 83.1 Å². The Morgan fingerprint density at radius 1 is 1.31 bits per heavy atom. The summed E-state index contributed by atoms with van der Waals surface area (Å²) in [5, 5.41) is 2.05. The minimum Gasteiger partial charge on any atom is -0.344 e. The van der Waals surface area contributed by atoms with E-state index in [9.17, 15) is 4.39 Å². The molecule has 0 aromatic heterocycles. The van der Waals surface area contributed by atoms with E-state index in [1.165, 1.54) is 6.42 Å². The van der Waals surface area contributed by atoms with Crippen LogP contribution in [-0.2, 0) is 0 Å². The molecule has 0 aromatic carbocycles. The summed E-state index contributed by atoms with van der Waals surface area (Å²) in [6.45, 7) is 12.0. The van der Waals surface area contributed by atoms with Gasteiger partial charge in [-0.2, -0.15) is 0 Å². The van der Waals surface area contributed by atoms with Crippen LogP contribution < -0.4 is 5.32 Å². The summed E-state index contributed by atoms with van der Waals surface area (Å²) in [6.07, 6.45) is 1.74. The van der Waals surface area contributed by atoms with E-state index in [1.807, 2.05) is 26.1 Å². The molecule has 0 aromatic rings. The first-order valence-electron chi connectivity index (χ1n) is 5.68. The summed E-state index contributed by atoms with van der Waals surface area (Å²) in [5.74, 6) is 0.306. The van der Waals surface area contributed by atoms with Gasteiger partial charge in [-0.25, -0.2) is 4.39 Å². The minimum absolute atomic E-state index is 0.306. The van der Waals surface area contributed by atoms with Gasteiger partial charge < -0.3 is 5.32 Å². The van der Waals surface area contributed by atoms with Crippen LogP contribution in [0.4, 0.5) is 4.39 Å². The van der Waals surface area contributed by atoms with Crippen molar-refractivity contribution in [3.63, 3.8) is 0 Å². The third-order valence-electron chi connectivity index (χ3n) is 1.84. The normalized spacial score (nSPS) is 26.3. The number of piperidine rings is 1. The summed E-state index contributed by atoms with van der Waals surface area (Å²) in [5.41, 5.74) is 0. The van der Waals surface area contributed by atoms with Gasteiger partial charge in [0.05, 0.1) is 6.54 Å². The molecule has 1 aliphatic heterocycles. The van der Waals surface area contributed by atoms with E-state index in [-0.39, 0.29) is 0 Å². The molecule has 0 spiro atoms. The highest BCUT2D eigenvalue weighted by molar-refractivity contribution is 4.65. The molecule has 1 heterocycles. The molecule has 0 aliphatic carbocycles. The zero-order valence-electron chi connectivity index (χ0n) is 9.94.